The van der Waals surface area contributed by atoms with E-state index >= 15 is 0 Å². The number of hydrogen-bond acceptors (Lipinski definition) is 0. The molecule has 0 atom stereocenters. The molecule has 1 rings (SSSR count). The van der Waals surface area contributed by atoms with Crippen molar-refractivity contribution in [3.05, 3.63) is 34.1 Å². The van der Waals surface area contributed by atoms with Crippen molar-refractivity contribution < 1.29 is 8.78 Å². The lowest BCUT2D eigenvalue weighted by Crippen LogP contribution is -1.87. The average Bonchev–Trinajstić information content (AvgIpc) is 1.97. The fourth-order valence-corrected chi connectivity index (χ4v) is 1.02. The van der Waals surface area contributed by atoms with Crippen LogP contribution in [0.15, 0.2) is 12.1 Å². The zero-order chi connectivity index (χ0) is 8.43. The van der Waals surface area contributed by atoms with E-state index in [1.807, 2.05) is 0 Å². The van der Waals surface area contributed by atoms with E-state index in [-0.39, 0.29) is 5.02 Å². The molecule has 0 nitrogen and oxygen atoms in total. The molecular formula is C8H7ClF2. The fraction of sp³-hybridized carbons (Fsp3) is 0.250. The van der Waals surface area contributed by atoms with E-state index in [0.717, 1.165) is 0 Å². The Hall–Kier alpha value is -0.630. The van der Waals surface area contributed by atoms with Crippen LogP contribution in [0.4, 0.5) is 8.78 Å². The zero-order valence-corrected chi connectivity index (χ0v) is 6.75. The third-order valence-corrected chi connectivity index (χ3v) is 1.81. The maximum atomic E-state index is 12.6. The molecule has 0 saturated heterocycles. The largest absolute Gasteiger partial charge is 0.246 e. The van der Waals surface area contributed by atoms with Crippen LogP contribution in [-0.4, -0.2) is 0 Å². The summed E-state index contributed by atoms with van der Waals surface area (Å²) in [5, 5.41) is -0.0248. The molecule has 0 fully saturated rings. The minimum Gasteiger partial charge on any atom is -0.246 e. The summed E-state index contributed by atoms with van der Waals surface area (Å²) in [6.07, 6.45) is 0. The number of benzene rings is 1. The quantitative estimate of drug-likeness (QED) is 0.616. The van der Waals surface area contributed by atoms with Crippen molar-refractivity contribution in [2.75, 3.05) is 0 Å². The number of halogens is 3. The van der Waals surface area contributed by atoms with E-state index in [0.29, 0.717) is 11.1 Å². The van der Waals surface area contributed by atoms with Gasteiger partial charge in [0.25, 0.3) is 0 Å². The Balaban J connectivity index is 3.21. The Morgan fingerprint density at radius 2 is 2.09 bits per heavy atom. The summed E-state index contributed by atoms with van der Waals surface area (Å²) in [5.74, 6) is -0.499. The van der Waals surface area contributed by atoms with Crippen molar-refractivity contribution in [2.45, 2.75) is 13.6 Å². The molecule has 11 heavy (non-hydrogen) atoms. The van der Waals surface area contributed by atoms with Crippen molar-refractivity contribution in [3.63, 3.8) is 0 Å². The summed E-state index contributed by atoms with van der Waals surface area (Å²) in [5.41, 5.74) is 1.03. The summed E-state index contributed by atoms with van der Waals surface area (Å²) in [6, 6.07) is 2.55. The van der Waals surface area contributed by atoms with Crippen molar-refractivity contribution in [1.82, 2.24) is 0 Å². The first-order valence-corrected chi connectivity index (χ1v) is 3.53. The fourth-order valence-electron chi connectivity index (χ4n) is 0.831. The highest BCUT2D eigenvalue weighted by atomic mass is 35.5. The number of aryl methyl sites for hydroxylation is 1. The first-order valence-electron chi connectivity index (χ1n) is 3.15. The lowest BCUT2D eigenvalue weighted by Gasteiger charge is -2.01. The molecule has 0 aliphatic rings. The van der Waals surface area contributed by atoms with Crippen LogP contribution >= 0.6 is 11.6 Å². The molecule has 60 valence electrons. The van der Waals surface area contributed by atoms with Crippen LogP contribution in [0.25, 0.3) is 0 Å². The average molecular weight is 177 g/mol. The highest BCUT2D eigenvalue weighted by Gasteiger charge is 2.04. The van der Waals surface area contributed by atoms with Gasteiger partial charge >= 0.3 is 0 Å². The van der Waals surface area contributed by atoms with Crippen LogP contribution in [0.2, 0.25) is 5.02 Å². The minimum absolute atomic E-state index is 0.0248. The SMILES string of the molecule is Cc1cc(F)c(Cl)cc1CF. The van der Waals surface area contributed by atoms with Crippen molar-refractivity contribution >= 4 is 11.6 Å². The van der Waals surface area contributed by atoms with Gasteiger partial charge in [-0.2, -0.15) is 0 Å². The van der Waals surface area contributed by atoms with Crippen molar-refractivity contribution in [3.8, 4) is 0 Å². The molecule has 0 N–H and O–H groups in total. The van der Waals surface area contributed by atoms with Crippen LogP contribution in [0.3, 0.4) is 0 Å². The molecule has 0 aliphatic carbocycles. The molecule has 1 aromatic rings. The number of rotatable bonds is 1. The van der Waals surface area contributed by atoms with Gasteiger partial charge in [-0.15, -0.1) is 0 Å². The molecule has 0 aliphatic heterocycles. The normalized spacial score (nSPS) is 10.2. The minimum atomic E-state index is -0.605. The highest BCUT2D eigenvalue weighted by molar-refractivity contribution is 6.30. The first-order chi connectivity index (χ1) is 5.15. The first kappa shape index (κ1) is 8.47. The van der Waals surface area contributed by atoms with Crippen LogP contribution in [0.5, 0.6) is 0 Å². The van der Waals surface area contributed by atoms with Gasteiger partial charge in [0.1, 0.15) is 12.5 Å². The Morgan fingerprint density at radius 3 is 2.64 bits per heavy atom. The molecule has 0 amide bonds. The zero-order valence-electron chi connectivity index (χ0n) is 6.00. The van der Waals surface area contributed by atoms with Gasteiger partial charge in [0.15, 0.2) is 0 Å². The van der Waals surface area contributed by atoms with E-state index in [2.05, 4.69) is 0 Å². The third-order valence-electron chi connectivity index (χ3n) is 1.52. The summed E-state index contributed by atoms with van der Waals surface area (Å²) in [6.45, 7) is 1.04. The van der Waals surface area contributed by atoms with Gasteiger partial charge in [-0.05, 0) is 30.2 Å². The second-order valence-corrected chi connectivity index (χ2v) is 2.73. The molecule has 0 bridgehead atoms. The Kier molecular flexibility index (Phi) is 2.45. The smallest absolute Gasteiger partial charge is 0.142 e. The van der Waals surface area contributed by atoms with Crippen LogP contribution < -0.4 is 0 Å². The van der Waals surface area contributed by atoms with Crippen LogP contribution in [-0.2, 0) is 6.67 Å². The van der Waals surface area contributed by atoms with E-state index in [1.54, 1.807) is 6.92 Å². The Morgan fingerprint density at radius 1 is 1.45 bits per heavy atom. The summed E-state index contributed by atoms with van der Waals surface area (Å²) >= 11 is 5.42. The molecule has 0 saturated carbocycles. The summed E-state index contributed by atoms with van der Waals surface area (Å²) in [7, 11) is 0. The van der Waals surface area contributed by atoms with E-state index < -0.39 is 12.5 Å². The number of alkyl halides is 1. The van der Waals surface area contributed by atoms with Crippen LogP contribution in [0.1, 0.15) is 11.1 Å². The van der Waals surface area contributed by atoms with Gasteiger partial charge in [0.2, 0.25) is 0 Å². The molecule has 3 heteroatoms. The Bertz CT molecular complexity index is 271. The number of hydrogen-bond donors (Lipinski definition) is 0. The Labute approximate surface area is 68.8 Å². The van der Waals surface area contributed by atoms with E-state index in [1.165, 1.54) is 12.1 Å². The predicted molar refractivity (Wildman–Crippen MR) is 41.0 cm³/mol. The summed E-state index contributed by atoms with van der Waals surface area (Å²) in [4.78, 5) is 0. The van der Waals surface area contributed by atoms with Gasteiger partial charge in [-0.25, -0.2) is 8.78 Å². The highest BCUT2D eigenvalue weighted by Crippen LogP contribution is 2.20. The standard InChI is InChI=1S/C8H7ClF2/c1-5-2-8(11)7(9)3-6(5)4-10/h2-3H,4H2,1H3. The molecule has 0 heterocycles. The molecule has 0 unspecified atom stereocenters. The molecule has 0 spiro atoms. The van der Waals surface area contributed by atoms with Crippen molar-refractivity contribution in [1.29, 1.82) is 0 Å². The third kappa shape index (κ3) is 1.69. The van der Waals surface area contributed by atoms with Gasteiger partial charge in [0.05, 0.1) is 5.02 Å². The molecule has 0 aromatic heterocycles. The van der Waals surface area contributed by atoms with Gasteiger partial charge < -0.3 is 0 Å². The second-order valence-electron chi connectivity index (χ2n) is 2.33. The topological polar surface area (TPSA) is 0 Å². The molecule has 1 aromatic carbocycles. The lowest BCUT2D eigenvalue weighted by molar-refractivity contribution is 0.482. The van der Waals surface area contributed by atoms with Gasteiger partial charge in [-0.1, -0.05) is 11.6 Å². The van der Waals surface area contributed by atoms with E-state index in [9.17, 15) is 8.78 Å². The molecule has 0 radical (unpaired) electrons. The monoisotopic (exact) mass is 176 g/mol. The summed E-state index contributed by atoms with van der Waals surface area (Å²) < 4.78 is 24.8. The lowest BCUT2D eigenvalue weighted by atomic mass is 10.1. The van der Waals surface area contributed by atoms with Gasteiger partial charge in [0, 0.05) is 0 Å². The van der Waals surface area contributed by atoms with Crippen molar-refractivity contribution in [2.24, 2.45) is 0 Å². The van der Waals surface area contributed by atoms with E-state index in [4.69, 9.17) is 11.6 Å². The van der Waals surface area contributed by atoms with Crippen LogP contribution in [0, 0.1) is 12.7 Å². The maximum absolute atomic E-state index is 12.6. The van der Waals surface area contributed by atoms with Gasteiger partial charge in [-0.3, -0.25) is 0 Å². The maximum Gasteiger partial charge on any atom is 0.142 e. The predicted octanol–water partition coefficient (Wildman–Crippen LogP) is 3.26. The molecular weight excluding hydrogens is 170 g/mol. The second kappa shape index (κ2) is 3.18.